The van der Waals surface area contributed by atoms with E-state index in [1.807, 2.05) is 36.4 Å². The van der Waals surface area contributed by atoms with E-state index in [0.717, 1.165) is 5.56 Å². The Bertz CT molecular complexity index is 568. The van der Waals surface area contributed by atoms with E-state index in [1.165, 1.54) is 0 Å². The number of carbonyl (C=O) groups is 1. The van der Waals surface area contributed by atoms with Gasteiger partial charge in [0.05, 0.1) is 13.2 Å². The maximum Gasteiger partial charge on any atom is 0.338 e. The summed E-state index contributed by atoms with van der Waals surface area (Å²) in [4.78, 5) is 12.1. The Hall–Kier alpha value is -2.17. The average molecular weight is 300 g/mol. The number of hydrogen-bond donors (Lipinski definition) is 1. The largest absolute Gasteiger partial charge is 0.464 e. The number of aliphatic hydroxyl groups excluding tert-OH is 1. The van der Waals surface area contributed by atoms with Crippen molar-refractivity contribution in [2.24, 2.45) is 0 Å². The second-order valence-electron chi connectivity index (χ2n) is 4.82. The summed E-state index contributed by atoms with van der Waals surface area (Å²) in [6, 6.07) is 18.5. The Morgan fingerprint density at radius 1 is 1.05 bits per heavy atom. The van der Waals surface area contributed by atoms with Gasteiger partial charge in [-0.3, -0.25) is 0 Å². The predicted octanol–water partition coefficient (Wildman–Crippen LogP) is 2.87. The SMILES string of the molecule is CCOC(=O)[C@H](OCc1ccccc1)[C@H](O)c1ccccc1. The minimum Gasteiger partial charge on any atom is -0.464 e. The van der Waals surface area contributed by atoms with E-state index in [2.05, 4.69) is 0 Å². The summed E-state index contributed by atoms with van der Waals surface area (Å²) in [7, 11) is 0. The molecule has 0 bridgehead atoms. The van der Waals surface area contributed by atoms with Crippen molar-refractivity contribution < 1.29 is 19.4 Å². The monoisotopic (exact) mass is 300 g/mol. The number of aliphatic hydroxyl groups is 1. The zero-order valence-corrected chi connectivity index (χ0v) is 12.5. The van der Waals surface area contributed by atoms with Gasteiger partial charge < -0.3 is 14.6 Å². The van der Waals surface area contributed by atoms with E-state index in [1.54, 1.807) is 31.2 Å². The minimum atomic E-state index is -1.07. The van der Waals surface area contributed by atoms with Gasteiger partial charge in [-0.05, 0) is 18.1 Å². The van der Waals surface area contributed by atoms with Gasteiger partial charge in [0.15, 0.2) is 6.10 Å². The molecule has 0 heterocycles. The van der Waals surface area contributed by atoms with Crippen LogP contribution >= 0.6 is 0 Å². The van der Waals surface area contributed by atoms with Crippen LogP contribution in [0.25, 0.3) is 0 Å². The van der Waals surface area contributed by atoms with Crippen LogP contribution in [0, 0.1) is 0 Å². The zero-order valence-electron chi connectivity index (χ0n) is 12.5. The van der Waals surface area contributed by atoms with E-state index in [0.29, 0.717) is 5.56 Å². The molecule has 4 heteroatoms. The van der Waals surface area contributed by atoms with Crippen LogP contribution in [-0.4, -0.2) is 23.8 Å². The molecule has 2 aromatic rings. The Labute approximate surface area is 130 Å². The van der Waals surface area contributed by atoms with Crippen LogP contribution in [0.1, 0.15) is 24.2 Å². The third-order valence-corrected chi connectivity index (χ3v) is 3.22. The van der Waals surface area contributed by atoms with Crippen molar-refractivity contribution >= 4 is 5.97 Å². The molecule has 4 nitrogen and oxygen atoms in total. The van der Waals surface area contributed by atoms with Crippen LogP contribution in [0.5, 0.6) is 0 Å². The first-order valence-corrected chi connectivity index (χ1v) is 7.27. The molecule has 0 spiro atoms. The van der Waals surface area contributed by atoms with Gasteiger partial charge >= 0.3 is 5.97 Å². The van der Waals surface area contributed by atoms with E-state index in [4.69, 9.17) is 9.47 Å². The van der Waals surface area contributed by atoms with E-state index in [9.17, 15) is 9.90 Å². The molecule has 1 N–H and O–H groups in total. The molecule has 2 aromatic carbocycles. The molecule has 22 heavy (non-hydrogen) atoms. The van der Waals surface area contributed by atoms with Crippen LogP contribution in [0.3, 0.4) is 0 Å². The Morgan fingerprint density at radius 2 is 1.64 bits per heavy atom. The third-order valence-electron chi connectivity index (χ3n) is 3.22. The number of esters is 1. The second kappa shape index (κ2) is 8.32. The van der Waals surface area contributed by atoms with Crippen molar-refractivity contribution in [1.82, 2.24) is 0 Å². The van der Waals surface area contributed by atoms with Crippen molar-refractivity contribution in [2.75, 3.05) is 6.61 Å². The lowest BCUT2D eigenvalue weighted by atomic mass is 10.0. The highest BCUT2D eigenvalue weighted by Gasteiger charge is 2.30. The lowest BCUT2D eigenvalue weighted by molar-refractivity contribution is -0.166. The van der Waals surface area contributed by atoms with Gasteiger partial charge in [0.2, 0.25) is 0 Å². The van der Waals surface area contributed by atoms with Crippen molar-refractivity contribution in [3.8, 4) is 0 Å². The number of rotatable bonds is 7. The van der Waals surface area contributed by atoms with Gasteiger partial charge in [0.25, 0.3) is 0 Å². The highest BCUT2D eigenvalue weighted by atomic mass is 16.6. The van der Waals surface area contributed by atoms with Gasteiger partial charge in [-0.15, -0.1) is 0 Å². The summed E-state index contributed by atoms with van der Waals surface area (Å²) in [5.41, 5.74) is 1.55. The normalized spacial score (nSPS) is 13.4. The topological polar surface area (TPSA) is 55.8 Å². The lowest BCUT2D eigenvalue weighted by Crippen LogP contribution is -2.33. The molecular weight excluding hydrogens is 280 g/mol. The molecule has 0 saturated heterocycles. The highest BCUT2D eigenvalue weighted by Crippen LogP contribution is 2.21. The fourth-order valence-corrected chi connectivity index (χ4v) is 2.10. The molecule has 0 radical (unpaired) electrons. The van der Waals surface area contributed by atoms with Crippen molar-refractivity contribution in [2.45, 2.75) is 25.7 Å². The van der Waals surface area contributed by atoms with Crippen LogP contribution in [0.2, 0.25) is 0 Å². The summed E-state index contributed by atoms with van der Waals surface area (Å²) in [6.45, 7) is 2.20. The smallest absolute Gasteiger partial charge is 0.338 e. The van der Waals surface area contributed by atoms with E-state index >= 15 is 0 Å². The third kappa shape index (κ3) is 4.41. The first-order valence-electron chi connectivity index (χ1n) is 7.27. The molecule has 2 atom stereocenters. The lowest BCUT2D eigenvalue weighted by Gasteiger charge is -2.22. The maximum absolute atomic E-state index is 12.1. The molecule has 0 amide bonds. The van der Waals surface area contributed by atoms with Crippen molar-refractivity contribution in [3.05, 3.63) is 71.8 Å². The highest BCUT2D eigenvalue weighted by molar-refractivity contribution is 5.75. The van der Waals surface area contributed by atoms with Crippen molar-refractivity contribution in [3.63, 3.8) is 0 Å². The van der Waals surface area contributed by atoms with Gasteiger partial charge in [0, 0.05) is 0 Å². The van der Waals surface area contributed by atoms with Crippen LogP contribution in [-0.2, 0) is 20.9 Å². The Kier molecular flexibility index (Phi) is 6.13. The summed E-state index contributed by atoms with van der Waals surface area (Å²) in [6.07, 6.45) is -2.12. The Morgan fingerprint density at radius 3 is 2.23 bits per heavy atom. The average Bonchev–Trinajstić information content (AvgIpc) is 2.57. The van der Waals surface area contributed by atoms with E-state index < -0.39 is 18.2 Å². The molecule has 0 aliphatic heterocycles. The van der Waals surface area contributed by atoms with Crippen LogP contribution in [0.4, 0.5) is 0 Å². The Balaban J connectivity index is 2.10. The number of ether oxygens (including phenoxy) is 2. The van der Waals surface area contributed by atoms with Gasteiger partial charge in [-0.25, -0.2) is 4.79 Å². The molecular formula is C18H20O4. The van der Waals surface area contributed by atoms with Gasteiger partial charge in [-0.1, -0.05) is 60.7 Å². The summed E-state index contributed by atoms with van der Waals surface area (Å²) >= 11 is 0. The molecule has 0 aromatic heterocycles. The quantitative estimate of drug-likeness (QED) is 0.799. The molecule has 116 valence electrons. The molecule has 0 unspecified atom stereocenters. The molecule has 0 aliphatic rings. The van der Waals surface area contributed by atoms with Crippen LogP contribution in [0.15, 0.2) is 60.7 Å². The fraction of sp³-hybridized carbons (Fsp3) is 0.278. The second-order valence-corrected chi connectivity index (χ2v) is 4.82. The standard InChI is InChI=1S/C18H20O4/c1-2-21-18(20)17(16(19)15-11-7-4-8-12-15)22-13-14-9-5-3-6-10-14/h3-12,16-17,19H,2,13H2,1H3/t16-,17-/m1/s1. The number of benzene rings is 2. The molecule has 0 aliphatic carbocycles. The predicted molar refractivity (Wildman–Crippen MR) is 83.1 cm³/mol. The number of carbonyl (C=O) groups excluding carboxylic acids is 1. The first-order chi connectivity index (χ1) is 10.7. The molecule has 0 fully saturated rings. The zero-order chi connectivity index (χ0) is 15.8. The molecule has 0 saturated carbocycles. The number of hydrogen-bond acceptors (Lipinski definition) is 4. The van der Waals surface area contributed by atoms with Crippen LogP contribution < -0.4 is 0 Å². The maximum atomic E-state index is 12.1. The summed E-state index contributed by atoms with van der Waals surface area (Å²) < 4.78 is 10.6. The summed E-state index contributed by atoms with van der Waals surface area (Å²) in [5, 5.41) is 10.4. The fourth-order valence-electron chi connectivity index (χ4n) is 2.10. The first kappa shape index (κ1) is 16.2. The van der Waals surface area contributed by atoms with Crippen molar-refractivity contribution in [1.29, 1.82) is 0 Å². The summed E-state index contributed by atoms with van der Waals surface area (Å²) in [5.74, 6) is -0.560. The van der Waals surface area contributed by atoms with E-state index in [-0.39, 0.29) is 13.2 Å². The minimum absolute atomic E-state index is 0.230. The molecule has 2 rings (SSSR count). The van der Waals surface area contributed by atoms with Gasteiger partial charge in [0.1, 0.15) is 6.10 Å². The van der Waals surface area contributed by atoms with Gasteiger partial charge in [-0.2, -0.15) is 0 Å².